The molecule has 0 rings (SSSR count). The maximum atomic E-state index is 11.4. The number of nitrogens with one attached hydrogen (secondary N) is 2. The van der Waals surface area contributed by atoms with E-state index in [1.165, 1.54) is 6.92 Å². The van der Waals surface area contributed by atoms with Gasteiger partial charge >= 0.3 is 0 Å². The Hall–Kier alpha value is -0.660. The molecule has 90 valence electrons. The lowest BCUT2D eigenvalue weighted by Gasteiger charge is -2.13. The molecule has 1 unspecified atom stereocenters. The monoisotopic (exact) mass is 237 g/mol. The molecule has 0 amide bonds. The summed E-state index contributed by atoms with van der Waals surface area (Å²) >= 11 is 0. The van der Waals surface area contributed by atoms with E-state index in [0.717, 1.165) is 0 Å². The van der Waals surface area contributed by atoms with E-state index in [1.54, 1.807) is 0 Å². The Labute approximate surface area is 90.7 Å². The molecule has 7 heteroatoms. The Morgan fingerprint density at radius 2 is 2.00 bits per heavy atom. The zero-order valence-electron chi connectivity index (χ0n) is 9.28. The fourth-order valence-corrected chi connectivity index (χ4v) is 1.88. The van der Waals surface area contributed by atoms with Crippen LogP contribution in [0.15, 0.2) is 0 Å². The van der Waals surface area contributed by atoms with Gasteiger partial charge in [-0.2, -0.15) is 0 Å². The molecule has 0 aliphatic carbocycles. The van der Waals surface area contributed by atoms with Crippen LogP contribution >= 0.6 is 0 Å². The van der Waals surface area contributed by atoms with Crippen molar-refractivity contribution in [3.8, 4) is 0 Å². The summed E-state index contributed by atoms with van der Waals surface area (Å²) in [6, 6.07) is -0.672. The van der Waals surface area contributed by atoms with Crippen molar-refractivity contribution >= 4 is 15.9 Å². The van der Waals surface area contributed by atoms with Gasteiger partial charge in [-0.1, -0.05) is 0 Å². The molecular weight excluding hydrogens is 218 g/mol. The molecule has 0 radical (unpaired) electrons. The van der Waals surface area contributed by atoms with E-state index in [1.807, 2.05) is 13.8 Å². The second-order valence-electron chi connectivity index (χ2n) is 3.53. The number of nitrogens with two attached hydrogens (primary N) is 1. The number of amidine groups is 1. The van der Waals surface area contributed by atoms with Gasteiger partial charge in [-0.05, 0) is 20.8 Å². The quantitative estimate of drug-likeness (QED) is 0.416. The minimum Gasteiger partial charge on any atom is -0.386 e. The number of ether oxygens (including phenoxy) is 1. The Bertz CT molecular complexity index is 300. The zero-order valence-corrected chi connectivity index (χ0v) is 10.1. The van der Waals surface area contributed by atoms with E-state index < -0.39 is 16.1 Å². The Morgan fingerprint density at radius 3 is 2.40 bits per heavy atom. The third kappa shape index (κ3) is 7.29. The molecule has 0 aliphatic heterocycles. The fourth-order valence-electron chi connectivity index (χ4n) is 0.785. The molecule has 0 aliphatic rings. The summed E-state index contributed by atoms with van der Waals surface area (Å²) in [6.07, 6.45) is 0.00503. The van der Waals surface area contributed by atoms with Gasteiger partial charge < -0.3 is 10.5 Å². The van der Waals surface area contributed by atoms with Crippen molar-refractivity contribution in [2.24, 2.45) is 5.73 Å². The van der Waals surface area contributed by atoms with Gasteiger partial charge in [-0.15, -0.1) is 0 Å². The van der Waals surface area contributed by atoms with Crippen LogP contribution in [0.1, 0.15) is 20.8 Å². The summed E-state index contributed by atoms with van der Waals surface area (Å²) in [6.45, 7) is 5.32. The van der Waals surface area contributed by atoms with Crippen molar-refractivity contribution < 1.29 is 13.2 Å². The third-order valence-electron chi connectivity index (χ3n) is 1.63. The molecule has 0 heterocycles. The number of hydrogen-bond acceptors (Lipinski definition) is 4. The Morgan fingerprint density at radius 1 is 1.47 bits per heavy atom. The van der Waals surface area contributed by atoms with Crippen LogP contribution in [0.5, 0.6) is 0 Å². The standard InChI is InChI=1S/C8H19N3O3S/c1-6(2)14-4-5-15(12,13)11-7(3)8(9)10/h6-7,11H,4-5H2,1-3H3,(H3,9,10). The SMILES string of the molecule is CC(C)OCCS(=O)(=O)NC(C)C(=N)N. The van der Waals surface area contributed by atoms with Crippen LogP contribution in [-0.2, 0) is 14.8 Å². The first-order valence-corrected chi connectivity index (χ1v) is 6.35. The Balaban J connectivity index is 4.03. The molecule has 4 N–H and O–H groups in total. The van der Waals surface area contributed by atoms with Crippen LogP contribution in [0.3, 0.4) is 0 Å². The maximum absolute atomic E-state index is 11.4. The highest BCUT2D eigenvalue weighted by molar-refractivity contribution is 7.89. The summed E-state index contributed by atoms with van der Waals surface area (Å²) in [7, 11) is -3.42. The molecule has 6 nitrogen and oxygen atoms in total. The van der Waals surface area contributed by atoms with Gasteiger partial charge in [0.25, 0.3) is 0 Å². The van der Waals surface area contributed by atoms with Crippen molar-refractivity contribution in [2.75, 3.05) is 12.4 Å². The van der Waals surface area contributed by atoms with E-state index in [-0.39, 0.29) is 24.3 Å². The normalized spacial score (nSPS) is 14.1. The molecule has 0 saturated heterocycles. The average Bonchev–Trinajstić information content (AvgIpc) is 2.01. The van der Waals surface area contributed by atoms with Crippen LogP contribution in [0.2, 0.25) is 0 Å². The minimum atomic E-state index is -3.42. The summed E-state index contributed by atoms with van der Waals surface area (Å²) < 4.78 is 30.2. The molecule has 1 atom stereocenters. The summed E-state index contributed by atoms with van der Waals surface area (Å²) in [4.78, 5) is 0. The van der Waals surface area contributed by atoms with Crippen LogP contribution < -0.4 is 10.5 Å². The van der Waals surface area contributed by atoms with Gasteiger partial charge in [-0.3, -0.25) is 5.41 Å². The predicted molar refractivity (Wildman–Crippen MR) is 59.4 cm³/mol. The lowest BCUT2D eigenvalue weighted by molar-refractivity contribution is 0.0911. The largest absolute Gasteiger partial charge is 0.386 e. The topological polar surface area (TPSA) is 105 Å². The highest BCUT2D eigenvalue weighted by Gasteiger charge is 2.16. The fraction of sp³-hybridized carbons (Fsp3) is 0.875. The van der Waals surface area contributed by atoms with E-state index in [2.05, 4.69) is 4.72 Å². The first-order valence-electron chi connectivity index (χ1n) is 4.70. The number of rotatable bonds is 7. The first-order chi connectivity index (χ1) is 6.74. The van der Waals surface area contributed by atoms with Crippen molar-refractivity contribution in [1.82, 2.24) is 4.72 Å². The smallest absolute Gasteiger partial charge is 0.214 e. The lowest BCUT2D eigenvalue weighted by atomic mass is 10.3. The number of sulfonamides is 1. The van der Waals surface area contributed by atoms with Crippen LogP contribution in [0.4, 0.5) is 0 Å². The van der Waals surface area contributed by atoms with E-state index in [0.29, 0.717) is 0 Å². The summed E-state index contributed by atoms with van der Waals surface area (Å²) in [5.41, 5.74) is 5.15. The maximum Gasteiger partial charge on any atom is 0.214 e. The second-order valence-corrected chi connectivity index (χ2v) is 5.41. The second kappa shape index (κ2) is 6.04. The minimum absolute atomic E-state index is 0.00503. The van der Waals surface area contributed by atoms with Gasteiger partial charge in [0.15, 0.2) is 0 Å². The van der Waals surface area contributed by atoms with E-state index in [9.17, 15) is 8.42 Å². The van der Waals surface area contributed by atoms with Gasteiger partial charge in [0.2, 0.25) is 10.0 Å². The molecule has 15 heavy (non-hydrogen) atoms. The van der Waals surface area contributed by atoms with E-state index >= 15 is 0 Å². The van der Waals surface area contributed by atoms with Crippen molar-refractivity contribution in [1.29, 1.82) is 5.41 Å². The van der Waals surface area contributed by atoms with Crippen LogP contribution in [0, 0.1) is 5.41 Å². The molecule has 0 spiro atoms. The molecular formula is C8H19N3O3S. The molecule has 0 fully saturated rings. The lowest BCUT2D eigenvalue weighted by Crippen LogP contribution is -2.43. The molecule has 0 bridgehead atoms. The Kier molecular flexibility index (Phi) is 5.77. The average molecular weight is 237 g/mol. The molecule has 0 aromatic carbocycles. The highest BCUT2D eigenvalue weighted by Crippen LogP contribution is 1.93. The van der Waals surface area contributed by atoms with Crippen LogP contribution in [-0.4, -0.2) is 38.8 Å². The summed E-state index contributed by atoms with van der Waals surface area (Å²) in [5, 5.41) is 7.05. The summed E-state index contributed by atoms with van der Waals surface area (Å²) in [5.74, 6) is -0.327. The first kappa shape index (κ1) is 14.3. The zero-order chi connectivity index (χ0) is 12.1. The highest BCUT2D eigenvalue weighted by atomic mass is 32.2. The van der Waals surface area contributed by atoms with Gasteiger partial charge in [0.1, 0.15) is 5.84 Å². The van der Waals surface area contributed by atoms with Crippen molar-refractivity contribution in [3.63, 3.8) is 0 Å². The molecule has 0 aromatic heterocycles. The van der Waals surface area contributed by atoms with Gasteiger partial charge in [0, 0.05) is 0 Å². The van der Waals surface area contributed by atoms with Crippen molar-refractivity contribution in [3.05, 3.63) is 0 Å². The predicted octanol–water partition coefficient (Wildman–Crippen LogP) is -0.345. The van der Waals surface area contributed by atoms with Crippen molar-refractivity contribution in [2.45, 2.75) is 32.9 Å². The molecule has 0 saturated carbocycles. The number of hydrogen-bond donors (Lipinski definition) is 3. The van der Waals surface area contributed by atoms with Gasteiger partial charge in [-0.25, -0.2) is 13.1 Å². The van der Waals surface area contributed by atoms with Gasteiger partial charge in [0.05, 0.1) is 24.5 Å². The van der Waals surface area contributed by atoms with E-state index in [4.69, 9.17) is 15.9 Å². The third-order valence-corrected chi connectivity index (χ3v) is 3.04. The molecule has 0 aromatic rings. The van der Waals surface area contributed by atoms with Crippen LogP contribution in [0.25, 0.3) is 0 Å².